The number of benzene rings is 1. The van der Waals surface area contributed by atoms with Gasteiger partial charge in [0.25, 0.3) is 0 Å². The summed E-state index contributed by atoms with van der Waals surface area (Å²) in [6, 6.07) is 5.64. The van der Waals surface area contributed by atoms with Gasteiger partial charge in [-0.1, -0.05) is 6.07 Å². The van der Waals surface area contributed by atoms with E-state index in [1.165, 1.54) is 0 Å². The molecule has 0 bridgehead atoms. The van der Waals surface area contributed by atoms with Gasteiger partial charge in [-0.15, -0.1) is 0 Å². The second kappa shape index (κ2) is 5.63. The van der Waals surface area contributed by atoms with Crippen molar-refractivity contribution in [3.63, 3.8) is 0 Å². The van der Waals surface area contributed by atoms with Crippen LogP contribution in [0.3, 0.4) is 0 Å². The number of carbonyl (C=O) groups is 1. The van der Waals surface area contributed by atoms with Crippen molar-refractivity contribution in [2.45, 2.75) is 52.7 Å². The Morgan fingerprint density at radius 2 is 2.05 bits per heavy atom. The summed E-state index contributed by atoms with van der Waals surface area (Å²) < 4.78 is 11.0. The van der Waals surface area contributed by atoms with E-state index in [1.807, 2.05) is 59.7 Å². The zero-order chi connectivity index (χ0) is 16.5. The fourth-order valence-corrected chi connectivity index (χ4v) is 2.14. The van der Waals surface area contributed by atoms with Crippen molar-refractivity contribution in [1.82, 2.24) is 0 Å². The summed E-state index contributed by atoms with van der Waals surface area (Å²) in [5.41, 5.74) is 1.75. The SMILES string of the molecule is Cc1c(NC(=O)OC(C)(C)C)cccc1C1=NC(C)(C)CO1. The molecule has 1 aromatic carbocycles. The average molecular weight is 304 g/mol. The topological polar surface area (TPSA) is 59.9 Å². The standard InChI is InChI=1S/C17H24N2O3/c1-11-12(14-19-17(5,6)10-21-14)8-7-9-13(11)18-15(20)22-16(2,3)4/h7-9H,10H2,1-6H3,(H,18,20). The van der Waals surface area contributed by atoms with Gasteiger partial charge in [0.15, 0.2) is 0 Å². The van der Waals surface area contributed by atoms with Crippen LogP contribution in [-0.2, 0) is 9.47 Å². The molecule has 1 aliphatic rings. The van der Waals surface area contributed by atoms with Crippen molar-refractivity contribution in [3.05, 3.63) is 29.3 Å². The number of anilines is 1. The Kier molecular flexibility index (Phi) is 4.18. The summed E-state index contributed by atoms with van der Waals surface area (Å²) >= 11 is 0. The molecule has 1 aromatic rings. The van der Waals surface area contributed by atoms with E-state index < -0.39 is 11.7 Å². The summed E-state index contributed by atoms with van der Waals surface area (Å²) in [5.74, 6) is 0.621. The van der Waals surface area contributed by atoms with Crippen LogP contribution in [0.25, 0.3) is 0 Å². The molecule has 1 aliphatic heterocycles. The van der Waals surface area contributed by atoms with Gasteiger partial charge in [0.05, 0.1) is 5.54 Å². The van der Waals surface area contributed by atoms with Crippen LogP contribution in [0, 0.1) is 6.92 Å². The van der Waals surface area contributed by atoms with Crippen LogP contribution in [-0.4, -0.2) is 29.7 Å². The lowest BCUT2D eigenvalue weighted by atomic mass is 10.1. The first-order valence-corrected chi connectivity index (χ1v) is 7.40. The molecule has 22 heavy (non-hydrogen) atoms. The molecular weight excluding hydrogens is 280 g/mol. The largest absolute Gasteiger partial charge is 0.475 e. The average Bonchev–Trinajstić information content (AvgIpc) is 2.70. The number of nitrogens with one attached hydrogen (secondary N) is 1. The Morgan fingerprint density at radius 3 is 2.59 bits per heavy atom. The second-order valence-electron chi connectivity index (χ2n) is 7.12. The van der Waals surface area contributed by atoms with Crippen molar-refractivity contribution in [3.8, 4) is 0 Å². The highest BCUT2D eigenvalue weighted by molar-refractivity contribution is 5.99. The summed E-state index contributed by atoms with van der Waals surface area (Å²) in [4.78, 5) is 16.5. The molecule has 1 amide bonds. The number of ether oxygens (including phenoxy) is 2. The van der Waals surface area contributed by atoms with E-state index in [1.54, 1.807) is 0 Å². The fraction of sp³-hybridized carbons (Fsp3) is 0.529. The van der Waals surface area contributed by atoms with E-state index in [0.717, 1.165) is 11.1 Å². The monoisotopic (exact) mass is 304 g/mol. The molecule has 0 spiro atoms. The maximum absolute atomic E-state index is 11.9. The minimum Gasteiger partial charge on any atom is -0.475 e. The van der Waals surface area contributed by atoms with Crippen molar-refractivity contribution < 1.29 is 14.3 Å². The Hall–Kier alpha value is -2.04. The molecule has 5 nitrogen and oxygen atoms in total. The summed E-state index contributed by atoms with van der Waals surface area (Å²) in [6.07, 6.45) is -0.470. The van der Waals surface area contributed by atoms with Gasteiger partial charge in [0.1, 0.15) is 12.2 Å². The van der Waals surface area contributed by atoms with E-state index >= 15 is 0 Å². The first kappa shape index (κ1) is 16.3. The van der Waals surface area contributed by atoms with Crippen LogP contribution in [0.5, 0.6) is 0 Å². The van der Waals surface area contributed by atoms with E-state index in [9.17, 15) is 4.79 Å². The highest BCUT2D eigenvalue weighted by Crippen LogP contribution is 2.26. The fourth-order valence-electron chi connectivity index (χ4n) is 2.14. The van der Waals surface area contributed by atoms with Gasteiger partial charge in [0.2, 0.25) is 5.90 Å². The van der Waals surface area contributed by atoms with Crippen molar-refractivity contribution >= 4 is 17.7 Å². The number of carbonyl (C=O) groups excluding carboxylic acids is 1. The normalized spacial score (nSPS) is 16.7. The third kappa shape index (κ3) is 4.00. The smallest absolute Gasteiger partial charge is 0.412 e. The zero-order valence-corrected chi connectivity index (χ0v) is 14.1. The third-order valence-corrected chi connectivity index (χ3v) is 3.17. The Morgan fingerprint density at radius 1 is 1.36 bits per heavy atom. The van der Waals surface area contributed by atoms with Crippen LogP contribution in [0.15, 0.2) is 23.2 Å². The van der Waals surface area contributed by atoms with Crippen molar-refractivity contribution in [2.75, 3.05) is 11.9 Å². The first-order chi connectivity index (χ1) is 10.1. The molecule has 0 aliphatic carbocycles. The molecule has 2 rings (SSSR count). The van der Waals surface area contributed by atoms with Crippen molar-refractivity contribution in [1.29, 1.82) is 0 Å². The van der Waals surface area contributed by atoms with E-state index in [-0.39, 0.29) is 5.54 Å². The highest BCUT2D eigenvalue weighted by Gasteiger charge is 2.28. The molecule has 0 fully saturated rings. The van der Waals surface area contributed by atoms with Gasteiger partial charge in [-0.25, -0.2) is 9.79 Å². The highest BCUT2D eigenvalue weighted by atomic mass is 16.6. The lowest BCUT2D eigenvalue weighted by molar-refractivity contribution is 0.0636. The van der Waals surface area contributed by atoms with Crippen LogP contribution in [0.4, 0.5) is 10.5 Å². The van der Waals surface area contributed by atoms with Gasteiger partial charge >= 0.3 is 6.09 Å². The maximum Gasteiger partial charge on any atom is 0.412 e. The number of aliphatic imine (C=N–C) groups is 1. The van der Waals surface area contributed by atoms with E-state index in [4.69, 9.17) is 9.47 Å². The number of hydrogen-bond donors (Lipinski definition) is 1. The maximum atomic E-state index is 11.9. The van der Waals surface area contributed by atoms with Crippen LogP contribution in [0.2, 0.25) is 0 Å². The predicted molar refractivity (Wildman–Crippen MR) is 87.6 cm³/mol. The van der Waals surface area contributed by atoms with Gasteiger partial charge in [-0.2, -0.15) is 0 Å². The predicted octanol–water partition coefficient (Wildman–Crippen LogP) is 3.90. The first-order valence-electron chi connectivity index (χ1n) is 7.40. The number of nitrogens with zero attached hydrogens (tertiary/aromatic N) is 1. The summed E-state index contributed by atoms with van der Waals surface area (Å²) in [6.45, 7) is 12.0. The molecule has 1 heterocycles. The lowest BCUT2D eigenvalue weighted by Gasteiger charge is -2.20. The van der Waals surface area contributed by atoms with E-state index in [2.05, 4.69) is 10.3 Å². The molecule has 0 saturated carbocycles. The van der Waals surface area contributed by atoms with Gasteiger partial charge in [-0.3, -0.25) is 5.32 Å². The molecule has 0 radical (unpaired) electrons. The van der Waals surface area contributed by atoms with E-state index in [0.29, 0.717) is 18.2 Å². The zero-order valence-electron chi connectivity index (χ0n) is 14.1. The molecule has 120 valence electrons. The lowest BCUT2D eigenvalue weighted by Crippen LogP contribution is -2.27. The van der Waals surface area contributed by atoms with Crippen LogP contribution >= 0.6 is 0 Å². The third-order valence-electron chi connectivity index (χ3n) is 3.17. The van der Waals surface area contributed by atoms with Gasteiger partial charge in [0, 0.05) is 11.3 Å². The molecule has 0 atom stereocenters. The molecule has 5 heteroatoms. The number of hydrogen-bond acceptors (Lipinski definition) is 4. The Bertz CT molecular complexity index is 613. The second-order valence-corrected chi connectivity index (χ2v) is 7.12. The molecule has 0 saturated heterocycles. The molecular formula is C17H24N2O3. The van der Waals surface area contributed by atoms with Crippen molar-refractivity contribution in [2.24, 2.45) is 4.99 Å². The Labute approximate surface area is 131 Å². The summed E-state index contributed by atoms with van der Waals surface area (Å²) in [7, 11) is 0. The van der Waals surface area contributed by atoms with Gasteiger partial charge < -0.3 is 9.47 Å². The van der Waals surface area contributed by atoms with Gasteiger partial charge in [-0.05, 0) is 59.2 Å². The van der Waals surface area contributed by atoms with Crippen LogP contribution in [0.1, 0.15) is 45.7 Å². The molecule has 1 N–H and O–H groups in total. The number of rotatable bonds is 2. The summed E-state index contributed by atoms with van der Waals surface area (Å²) in [5, 5.41) is 2.78. The molecule has 0 unspecified atom stereocenters. The quantitative estimate of drug-likeness (QED) is 0.901. The van der Waals surface area contributed by atoms with Crippen LogP contribution < -0.4 is 5.32 Å². The Balaban J connectivity index is 2.22. The minimum atomic E-state index is -0.529. The number of amides is 1. The minimum absolute atomic E-state index is 0.212. The molecule has 0 aromatic heterocycles.